The van der Waals surface area contributed by atoms with E-state index in [4.69, 9.17) is 4.74 Å². The van der Waals surface area contributed by atoms with E-state index in [1.807, 2.05) is 0 Å². The normalized spacial score (nSPS) is 9.95. The average molecular weight is 284 g/mol. The lowest BCUT2D eigenvalue weighted by Gasteiger charge is -2.10. The van der Waals surface area contributed by atoms with E-state index in [1.165, 1.54) is 13.2 Å². The van der Waals surface area contributed by atoms with Gasteiger partial charge in [-0.25, -0.2) is 9.18 Å². The van der Waals surface area contributed by atoms with Crippen LogP contribution in [-0.4, -0.2) is 45.7 Å². The molecule has 0 aliphatic rings. The molecule has 0 atom stereocenters. The summed E-state index contributed by atoms with van der Waals surface area (Å²) in [6.45, 7) is 0.834. The van der Waals surface area contributed by atoms with E-state index in [0.717, 1.165) is 12.1 Å². The smallest absolute Gasteiger partial charge is 0.341 e. The van der Waals surface area contributed by atoms with Crippen LogP contribution in [0.1, 0.15) is 10.4 Å². The first kappa shape index (κ1) is 15.9. The van der Waals surface area contributed by atoms with E-state index >= 15 is 0 Å². The Morgan fingerprint density at radius 3 is 2.70 bits per heavy atom. The van der Waals surface area contributed by atoms with Crippen molar-refractivity contribution in [1.29, 1.82) is 0 Å². The molecule has 0 aliphatic heterocycles. The van der Waals surface area contributed by atoms with Gasteiger partial charge >= 0.3 is 5.97 Å². The molecule has 0 spiro atoms. The summed E-state index contributed by atoms with van der Waals surface area (Å²) < 4.78 is 22.8. The summed E-state index contributed by atoms with van der Waals surface area (Å²) >= 11 is 0. The molecule has 7 heteroatoms. The summed E-state index contributed by atoms with van der Waals surface area (Å²) in [4.78, 5) is 22.9. The fraction of sp³-hybridized carbons (Fsp3) is 0.385. The third-order valence-electron chi connectivity index (χ3n) is 2.40. The van der Waals surface area contributed by atoms with Crippen LogP contribution in [0.2, 0.25) is 0 Å². The van der Waals surface area contributed by atoms with Gasteiger partial charge in [-0.2, -0.15) is 0 Å². The number of likely N-dealkylation sites (N-methyl/N-ethyl adjacent to an activating group) is 1. The van der Waals surface area contributed by atoms with Crippen LogP contribution in [-0.2, 0) is 9.53 Å². The monoisotopic (exact) mass is 284 g/mol. The van der Waals surface area contributed by atoms with Crippen LogP contribution in [0.25, 0.3) is 0 Å². The first-order valence-electron chi connectivity index (χ1n) is 6.00. The predicted octanol–water partition coefficient (Wildman–Crippen LogP) is 0.327. The van der Waals surface area contributed by atoms with Crippen LogP contribution in [0.3, 0.4) is 0 Å². The van der Waals surface area contributed by atoms with Gasteiger partial charge in [0.25, 0.3) is 5.91 Å². The molecule has 20 heavy (non-hydrogen) atoms. The number of nitrogens with one attached hydrogen (secondary N) is 2. The zero-order valence-corrected chi connectivity index (χ0v) is 11.4. The number of ether oxygens (including phenoxy) is 2. The van der Waals surface area contributed by atoms with Gasteiger partial charge in [0.15, 0.2) is 6.61 Å². The van der Waals surface area contributed by atoms with Crippen LogP contribution >= 0.6 is 0 Å². The Hall–Kier alpha value is -2.15. The highest BCUT2D eigenvalue weighted by molar-refractivity contribution is 5.92. The highest BCUT2D eigenvalue weighted by Crippen LogP contribution is 2.20. The van der Waals surface area contributed by atoms with Crippen molar-refractivity contribution in [3.63, 3.8) is 0 Å². The van der Waals surface area contributed by atoms with Gasteiger partial charge in [-0.3, -0.25) is 4.79 Å². The molecule has 0 fully saturated rings. The maximum absolute atomic E-state index is 13.1. The molecular formula is C13H17FN2O4. The third-order valence-corrected chi connectivity index (χ3v) is 2.40. The van der Waals surface area contributed by atoms with E-state index in [9.17, 15) is 14.0 Å². The van der Waals surface area contributed by atoms with E-state index in [-0.39, 0.29) is 23.8 Å². The van der Waals surface area contributed by atoms with Crippen LogP contribution in [0.15, 0.2) is 18.2 Å². The van der Waals surface area contributed by atoms with Crippen molar-refractivity contribution in [1.82, 2.24) is 10.6 Å². The number of amides is 1. The van der Waals surface area contributed by atoms with Gasteiger partial charge in [-0.05, 0) is 25.2 Å². The number of carbonyl (C=O) groups is 2. The minimum absolute atomic E-state index is 0.0597. The lowest BCUT2D eigenvalue weighted by atomic mass is 10.2. The molecule has 1 aromatic rings. The highest BCUT2D eigenvalue weighted by Gasteiger charge is 2.15. The van der Waals surface area contributed by atoms with Crippen LogP contribution in [0.5, 0.6) is 5.75 Å². The zero-order valence-electron chi connectivity index (χ0n) is 11.4. The Kier molecular flexibility index (Phi) is 6.45. The summed E-state index contributed by atoms with van der Waals surface area (Å²) in [5, 5.41) is 5.49. The van der Waals surface area contributed by atoms with E-state index in [0.29, 0.717) is 13.1 Å². The van der Waals surface area contributed by atoms with Gasteiger partial charge in [-0.1, -0.05) is 0 Å². The second-order valence-electron chi connectivity index (χ2n) is 3.87. The molecule has 6 nitrogen and oxygen atoms in total. The van der Waals surface area contributed by atoms with E-state index in [1.54, 1.807) is 7.05 Å². The van der Waals surface area contributed by atoms with Crippen molar-refractivity contribution in [3.8, 4) is 5.75 Å². The van der Waals surface area contributed by atoms with Gasteiger partial charge in [0, 0.05) is 13.1 Å². The maximum atomic E-state index is 13.1. The second kappa shape index (κ2) is 8.11. The van der Waals surface area contributed by atoms with Crippen molar-refractivity contribution < 1.29 is 23.5 Å². The van der Waals surface area contributed by atoms with E-state index in [2.05, 4.69) is 15.4 Å². The van der Waals surface area contributed by atoms with Gasteiger partial charge in [0.05, 0.1) is 7.11 Å². The molecule has 0 aliphatic carbocycles. The minimum Gasteiger partial charge on any atom is -0.483 e. The van der Waals surface area contributed by atoms with Gasteiger partial charge in [0.1, 0.15) is 17.1 Å². The zero-order chi connectivity index (χ0) is 15.0. The lowest BCUT2D eigenvalue weighted by molar-refractivity contribution is -0.123. The van der Waals surface area contributed by atoms with Crippen molar-refractivity contribution in [2.24, 2.45) is 0 Å². The maximum Gasteiger partial charge on any atom is 0.341 e. The van der Waals surface area contributed by atoms with Crippen molar-refractivity contribution in [2.75, 3.05) is 33.9 Å². The fourth-order valence-corrected chi connectivity index (χ4v) is 1.42. The molecule has 1 aromatic carbocycles. The third kappa shape index (κ3) is 4.85. The first-order chi connectivity index (χ1) is 9.58. The number of benzene rings is 1. The van der Waals surface area contributed by atoms with Crippen LogP contribution in [0.4, 0.5) is 4.39 Å². The largest absolute Gasteiger partial charge is 0.483 e. The van der Waals surface area contributed by atoms with Crippen molar-refractivity contribution in [3.05, 3.63) is 29.6 Å². The quantitative estimate of drug-likeness (QED) is 0.557. The highest BCUT2D eigenvalue weighted by atomic mass is 19.1. The SMILES string of the molecule is CNCCNC(=O)COc1ccc(F)cc1C(=O)OC. The number of esters is 1. The Bertz CT molecular complexity index is 479. The van der Waals surface area contributed by atoms with Crippen LogP contribution < -0.4 is 15.4 Å². The van der Waals surface area contributed by atoms with Crippen molar-refractivity contribution >= 4 is 11.9 Å². The molecule has 0 aromatic heterocycles. The standard InChI is InChI=1S/C13H17FN2O4/c1-15-5-6-16-12(17)8-20-11-4-3-9(14)7-10(11)13(18)19-2/h3-4,7,15H,5-6,8H2,1-2H3,(H,16,17). The molecule has 0 unspecified atom stereocenters. The first-order valence-corrected chi connectivity index (χ1v) is 6.00. The van der Waals surface area contributed by atoms with Gasteiger partial charge < -0.3 is 20.1 Å². The summed E-state index contributed by atoms with van der Waals surface area (Å²) in [5.41, 5.74) is -0.0597. The summed E-state index contributed by atoms with van der Waals surface area (Å²) in [6.07, 6.45) is 0. The molecule has 0 saturated carbocycles. The molecule has 0 heterocycles. The average Bonchev–Trinajstić information content (AvgIpc) is 2.45. The fourth-order valence-electron chi connectivity index (χ4n) is 1.42. The van der Waals surface area contributed by atoms with Crippen LogP contribution in [0, 0.1) is 5.82 Å². The lowest BCUT2D eigenvalue weighted by Crippen LogP contribution is -2.34. The summed E-state index contributed by atoms with van der Waals surface area (Å²) in [5.74, 6) is -1.55. The molecule has 110 valence electrons. The Morgan fingerprint density at radius 1 is 1.30 bits per heavy atom. The number of halogens is 1. The molecule has 1 rings (SSSR count). The Morgan fingerprint density at radius 2 is 2.05 bits per heavy atom. The van der Waals surface area contributed by atoms with Crippen molar-refractivity contribution in [2.45, 2.75) is 0 Å². The minimum atomic E-state index is -0.727. The molecule has 2 N–H and O–H groups in total. The van der Waals surface area contributed by atoms with E-state index < -0.39 is 11.8 Å². The topological polar surface area (TPSA) is 76.7 Å². The van der Waals surface area contributed by atoms with Gasteiger partial charge in [-0.15, -0.1) is 0 Å². The number of rotatable bonds is 7. The summed E-state index contributed by atoms with van der Waals surface area (Å²) in [6, 6.07) is 3.42. The van der Waals surface area contributed by atoms with Gasteiger partial charge in [0.2, 0.25) is 0 Å². The Balaban J connectivity index is 2.63. The number of carbonyl (C=O) groups excluding carboxylic acids is 2. The predicted molar refractivity (Wildman–Crippen MR) is 70.2 cm³/mol. The number of hydrogen-bond acceptors (Lipinski definition) is 5. The number of hydrogen-bond donors (Lipinski definition) is 2. The molecule has 0 bridgehead atoms. The number of methoxy groups -OCH3 is 1. The molecular weight excluding hydrogens is 267 g/mol. The molecule has 1 amide bonds. The molecule has 0 saturated heterocycles. The molecule has 0 radical (unpaired) electrons. The summed E-state index contributed by atoms with van der Waals surface area (Å²) in [7, 11) is 2.95. The second-order valence-corrected chi connectivity index (χ2v) is 3.87. The Labute approximate surface area is 116 Å².